The smallest absolute Gasteiger partial charge is 0.270 e. The summed E-state index contributed by atoms with van der Waals surface area (Å²) in [6.45, 7) is 0.154. The van der Waals surface area contributed by atoms with E-state index in [0.29, 0.717) is 17.0 Å². The lowest BCUT2D eigenvalue weighted by atomic mass is 9.84. The molecule has 3 aromatic rings. The fraction of sp³-hybridized carbons (Fsp3) is 0.238. The molecule has 5 nitrogen and oxygen atoms in total. The van der Waals surface area contributed by atoms with Crippen molar-refractivity contribution in [2.24, 2.45) is 0 Å². The molecule has 0 bridgehead atoms. The molecule has 4 rings (SSSR count). The number of Topliss-reactive ketones (excluding diaryl/α,β-unsaturated/α-hetero) is 1. The van der Waals surface area contributed by atoms with Gasteiger partial charge in [0.2, 0.25) is 0 Å². The number of hydrogen-bond acceptors (Lipinski definition) is 3. The minimum Gasteiger partial charge on any atom is -0.382 e. The van der Waals surface area contributed by atoms with Crippen molar-refractivity contribution in [1.82, 2.24) is 9.88 Å². The van der Waals surface area contributed by atoms with Crippen molar-refractivity contribution in [2.75, 3.05) is 13.1 Å². The van der Waals surface area contributed by atoms with Crippen molar-refractivity contribution >= 4 is 22.6 Å². The number of aromatic nitrogens is 1. The topological polar surface area (TPSA) is 73.4 Å². The number of piperidine rings is 1. The Bertz CT molecular complexity index is 1120. The maximum Gasteiger partial charge on any atom is 0.270 e. The van der Waals surface area contributed by atoms with Gasteiger partial charge in [-0.3, -0.25) is 9.59 Å². The lowest BCUT2D eigenvalue weighted by molar-refractivity contribution is -0.00459. The van der Waals surface area contributed by atoms with Gasteiger partial charge in [0.15, 0.2) is 5.78 Å². The number of ketones is 1. The molecule has 1 aromatic heterocycles. The van der Waals surface area contributed by atoms with Gasteiger partial charge in [0.05, 0.1) is 5.56 Å². The van der Waals surface area contributed by atoms with Crippen LogP contribution in [0.2, 0.25) is 0 Å². The van der Waals surface area contributed by atoms with Gasteiger partial charge in [-0.25, -0.2) is 13.2 Å². The monoisotopic (exact) mass is 402 g/mol. The number of amides is 1. The van der Waals surface area contributed by atoms with Crippen LogP contribution in [0, 0.1) is 17.5 Å². The molecular weight excluding hydrogens is 385 g/mol. The quantitative estimate of drug-likeness (QED) is 0.660. The van der Waals surface area contributed by atoms with Crippen molar-refractivity contribution in [1.29, 1.82) is 0 Å². The van der Waals surface area contributed by atoms with Gasteiger partial charge in [0, 0.05) is 42.9 Å². The number of nitrogens with one attached hydrogen (secondary N) is 1. The lowest BCUT2D eigenvalue weighted by Crippen LogP contribution is -2.51. The second-order valence-corrected chi connectivity index (χ2v) is 7.19. The van der Waals surface area contributed by atoms with Gasteiger partial charge in [0.1, 0.15) is 28.7 Å². The number of carbonyl (C=O) groups is 2. The van der Waals surface area contributed by atoms with E-state index in [-0.39, 0.29) is 43.1 Å². The molecule has 0 atom stereocenters. The number of benzene rings is 2. The lowest BCUT2D eigenvalue weighted by Gasteiger charge is -2.37. The molecule has 1 aliphatic heterocycles. The van der Waals surface area contributed by atoms with Crippen LogP contribution in [0.1, 0.15) is 33.7 Å². The zero-order valence-electron chi connectivity index (χ0n) is 15.2. The number of hydrogen-bond donors (Lipinski definition) is 2. The van der Waals surface area contributed by atoms with Gasteiger partial charge < -0.3 is 15.0 Å². The molecule has 29 heavy (non-hydrogen) atoms. The molecular formula is C21H17F3N2O3. The Balaban J connectivity index is 1.49. The summed E-state index contributed by atoms with van der Waals surface area (Å²) in [6, 6.07) is 8.31. The fourth-order valence-electron chi connectivity index (χ4n) is 3.62. The Labute approximate surface area is 163 Å². The number of carbonyl (C=O) groups excluding carboxylic acids is 2. The number of H-pyrrole nitrogens is 1. The van der Waals surface area contributed by atoms with Crippen LogP contribution in [-0.4, -0.2) is 45.4 Å². The van der Waals surface area contributed by atoms with Crippen molar-refractivity contribution in [3.63, 3.8) is 0 Å². The Morgan fingerprint density at radius 3 is 2.31 bits per heavy atom. The third-order valence-corrected chi connectivity index (χ3v) is 5.29. The van der Waals surface area contributed by atoms with Crippen LogP contribution in [0.5, 0.6) is 0 Å². The summed E-state index contributed by atoms with van der Waals surface area (Å²) >= 11 is 0. The largest absolute Gasteiger partial charge is 0.382 e. The predicted octanol–water partition coefficient (Wildman–Crippen LogP) is 3.44. The van der Waals surface area contributed by atoms with E-state index in [1.807, 2.05) is 0 Å². The summed E-state index contributed by atoms with van der Waals surface area (Å²) in [7, 11) is 0. The van der Waals surface area contributed by atoms with Crippen LogP contribution in [0.3, 0.4) is 0 Å². The van der Waals surface area contributed by atoms with Crippen molar-refractivity contribution in [2.45, 2.75) is 18.4 Å². The first-order chi connectivity index (χ1) is 13.8. The molecule has 1 fully saturated rings. The van der Waals surface area contributed by atoms with E-state index in [4.69, 9.17) is 0 Å². The molecule has 0 radical (unpaired) electrons. The number of fused-ring (bicyclic) bond motifs is 1. The maximum atomic E-state index is 13.9. The van der Waals surface area contributed by atoms with Gasteiger partial charge in [-0.05, 0) is 36.4 Å². The van der Waals surface area contributed by atoms with Gasteiger partial charge in [-0.2, -0.15) is 0 Å². The highest BCUT2D eigenvalue weighted by Crippen LogP contribution is 2.29. The van der Waals surface area contributed by atoms with E-state index < -0.39 is 28.8 Å². The zero-order chi connectivity index (χ0) is 20.8. The number of aliphatic hydroxyl groups is 1. The SMILES string of the molecule is O=C(c1cc2ccc(F)cc2[nH]1)N1CCC(O)(C(=O)c2ccc(F)cc2F)CC1. The molecule has 1 aliphatic rings. The van der Waals surface area contributed by atoms with Crippen LogP contribution < -0.4 is 0 Å². The molecule has 8 heteroatoms. The summed E-state index contributed by atoms with van der Waals surface area (Å²) in [5, 5.41) is 11.4. The summed E-state index contributed by atoms with van der Waals surface area (Å²) in [5.74, 6) is -3.45. The second-order valence-electron chi connectivity index (χ2n) is 7.19. The summed E-state index contributed by atoms with van der Waals surface area (Å²) in [6.07, 6.45) is -0.160. The molecule has 150 valence electrons. The number of rotatable bonds is 3. The average molecular weight is 402 g/mol. The maximum absolute atomic E-state index is 13.9. The number of nitrogens with zero attached hydrogens (tertiary/aromatic N) is 1. The van der Waals surface area contributed by atoms with E-state index >= 15 is 0 Å². The highest BCUT2D eigenvalue weighted by atomic mass is 19.1. The molecule has 0 aliphatic carbocycles. The molecule has 2 N–H and O–H groups in total. The summed E-state index contributed by atoms with van der Waals surface area (Å²) in [5.41, 5.74) is -1.46. The molecule has 2 heterocycles. The Hall–Kier alpha value is -3.13. The van der Waals surface area contributed by atoms with E-state index in [9.17, 15) is 27.9 Å². The van der Waals surface area contributed by atoms with Gasteiger partial charge >= 0.3 is 0 Å². The summed E-state index contributed by atoms with van der Waals surface area (Å²) < 4.78 is 40.3. The molecule has 1 saturated heterocycles. The van der Waals surface area contributed by atoms with Crippen molar-refractivity contribution < 1.29 is 27.9 Å². The van der Waals surface area contributed by atoms with Gasteiger partial charge in [0.25, 0.3) is 5.91 Å². The molecule has 0 spiro atoms. The van der Waals surface area contributed by atoms with Crippen molar-refractivity contribution in [3.05, 3.63) is 71.2 Å². The minimum absolute atomic E-state index is 0.0770. The van der Waals surface area contributed by atoms with Crippen LogP contribution >= 0.6 is 0 Å². The van der Waals surface area contributed by atoms with E-state index in [1.54, 1.807) is 12.1 Å². The third-order valence-electron chi connectivity index (χ3n) is 5.29. The minimum atomic E-state index is -1.83. The van der Waals surface area contributed by atoms with Crippen LogP contribution in [0.25, 0.3) is 10.9 Å². The van der Waals surface area contributed by atoms with Crippen LogP contribution in [0.15, 0.2) is 42.5 Å². The molecule has 0 unspecified atom stereocenters. The predicted molar refractivity (Wildman–Crippen MR) is 99.0 cm³/mol. The Morgan fingerprint density at radius 1 is 0.966 bits per heavy atom. The third kappa shape index (κ3) is 3.51. The molecule has 2 aromatic carbocycles. The Kier molecular flexibility index (Phi) is 4.66. The molecule has 0 saturated carbocycles. The van der Waals surface area contributed by atoms with Crippen molar-refractivity contribution in [3.8, 4) is 0 Å². The molecule has 1 amide bonds. The normalized spacial score (nSPS) is 16.2. The highest BCUT2D eigenvalue weighted by Gasteiger charge is 2.41. The average Bonchev–Trinajstić information content (AvgIpc) is 3.11. The fourth-order valence-corrected chi connectivity index (χ4v) is 3.62. The van der Waals surface area contributed by atoms with E-state index in [2.05, 4.69) is 4.98 Å². The second kappa shape index (κ2) is 7.04. The van der Waals surface area contributed by atoms with Crippen LogP contribution in [0.4, 0.5) is 13.2 Å². The van der Waals surface area contributed by atoms with Gasteiger partial charge in [-0.1, -0.05) is 0 Å². The standard InChI is InChI=1S/C21H17F3N2O3/c22-13-3-4-15(16(24)10-13)19(27)21(29)5-7-26(8-6-21)20(28)18-9-12-1-2-14(23)11-17(12)25-18/h1-4,9-11,25,29H,5-8H2. The number of halogens is 3. The Morgan fingerprint density at radius 2 is 1.62 bits per heavy atom. The first-order valence-electron chi connectivity index (χ1n) is 9.07. The van der Waals surface area contributed by atoms with Crippen LogP contribution in [-0.2, 0) is 0 Å². The first kappa shape index (κ1) is 19.2. The van der Waals surface area contributed by atoms with Gasteiger partial charge in [-0.15, -0.1) is 0 Å². The van der Waals surface area contributed by atoms with E-state index in [1.165, 1.54) is 17.0 Å². The number of aromatic amines is 1. The zero-order valence-corrected chi connectivity index (χ0v) is 15.2. The highest BCUT2D eigenvalue weighted by molar-refractivity contribution is 6.03. The number of likely N-dealkylation sites (tertiary alicyclic amines) is 1. The summed E-state index contributed by atoms with van der Waals surface area (Å²) in [4.78, 5) is 29.7. The first-order valence-corrected chi connectivity index (χ1v) is 9.07. The van der Waals surface area contributed by atoms with E-state index in [0.717, 1.165) is 12.1 Å².